The molecule has 0 atom stereocenters. The first kappa shape index (κ1) is 14.0. The van der Waals surface area contributed by atoms with Gasteiger partial charge in [0, 0.05) is 13.1 Å². The largest absolute Gasteiger partial charge is 0.360 e. The molecular weight excluding hydrogens is 274 g/mol. The lowest BCUT2D eigenvalue weighted by Crippen LogP contribution is -2.22. The number of nitrogens with zero attached hydrogens (tertiary/aromatic N) is 3. The van der Waals surface area contributed by atoms with Gasteiger partial charge in [0.25, 0.3) is 5.91 Å². The summed E-state index contributed by atoms with van der Waals surface area (Å²) in [5.74, 6) is -0.254. The molecule has 2 rings (SSSR count). The molecule has 0 fully saturated rings. The summed E-state index contributed by atoms with van der Waals surface area (Å²) in [6.45, 7) is 3.08. The van der Waals surface area contributed by atoms with E-state index in [1.165, 1.54) is 11.3 Å². The van der Waals surface area contributed by atoms with Crippen molar-refractivity contribution >= 4 is 22.4 Å². The van der Waals surface area contributed by atoms with Gasteiger partial charge in [-0.1, -0.05) is 23.5 Å². The normalized spacial score (nSPS) is 9.80. The summed E-state index contributed by atoms with van der Waals surface area (Å²) >= 11 is 1.22. The van der Waals surface area contributed by atoms with Crippen LogP contribution in [0.25, 0.3) is 0 Å². The van der Waals surface area contributed by atoms with Crippen LogP contribution in [0.2, 0.25) is 0 Å². The first-order valence-corrected chi connectivity index (χ1v) is 6.89. The van der Waals surface area contributed by atoms with Crippen LogP contribution in [0.5, 0.6) is 0 Å². The van der Waals surface area contributed by atoms with Crippen LogP contribution < -0.4 is 10.6 Å². The summed E-state index contributed by atoms with van der Waals surface area (Å²) < 4.78 is 0. The van der Waals surface area contributed by atoms with Gasteiger partial charge in [-0.3, -0.25) is 4.79 Å². The van der Waals surface area contributed by atoms with Gasteiger partial charge < -0.3 is 10.6 Å². The van der Waals surface area contributed by atoms with Crippen LogP contribution >= 0.6 is 11.3 Å². The van der Waals surface area contributed by atoms with Crippen LogP contribution in [0.3, 0.4) is 0 Å². The third kappa shape index (κ3) is 3.52. The Morgan fingerprint density at radius 2 is 2.10 bits per heavy atom. The van der Waals surface area contributed by atoms with Crippen molar-refractivity contribution < 1.29 is 4.79 Å². The topological polar surface area (TPSA) is 90.7 Å². The highest BCUT2D eigenvalue weighted by atomic mass is 32.1. The molecule has 7 heteroatoms. The second-order valence-corrected chi connectivity index (χ2v) is 4.91. The molecule has 1 amide bonds. The van der Waals surface area contributed by atoms with Crippen LogP contribution in [0.15, 0.2) is 24.3 Å². The van der Waals surface area contributed by atoms with Gasteiger partial charge in [-0.25, -0.2) is 0 Å². The predicted octanol–water partition coefficient (Wildman–Crippen LogP) is 1.77. The summed E-state index contributed by atoms with van der Waals surface area (Å²) in [5, 5.41) is 23.1. The van der Waals surface area contributed by atoms with Crippen LogP contribution in [-0.2, 0) is 6.54 Å². The van der Waals surface area contributed by atoms with Gasteiger partial charge in [-0.15, -0.1) is 10.2 Å². The van der Waals surface area contributed by atoms with Gasteiger partial charge >= 0.3 is 0 Å². The van der Waals surface area contributed by atoms with E-state index in [-0.39, 0.29) is 5.91 Å². The second kappa shape index (κ2) is 6.63. The minimum atomic E-state index is -0.254. The van der Waals surface area contributed by atoms with E-state index < -0.39 is 0 Å². The van der Waals surface area contributed by atoms with Crippen molar-refractivity contribution in [1.82, 2.24) is 15.5 Å². The van der Waals surface area contributed by atoms with Gasteiger partial charge in [0.1, 0.15) is 0 Å². The quantitative estimate of drug-likeness (QED) is 0.874. The molecule has 0 bridgehead atoms. The lowest BCUT2D eigenvalue weighted by molar-refractivity contribution is 0.0950. The van der Waals surface area contributed by atoms with Crippen molar-refractivity contribution in [2.45, 2.75) is 13.5 Å². The SMILES string of the molecule is CCNc1nnc(C(=O)NCc2ccc(C#N)cc2)s1. The first-order valence-electron chi connectivity index (χ1n) is 6.07. The predicted molar refractivity (Wildman–Crippen MR) is 76.4 cm³/mol. The standard InChI is InChI=1S/C13H13N5OS/c1-2-15-13-18-17-12(20-13)11(19)16-8-10-5-3-9(7-14)4-6-10/h3-6H,2,8H2,1H3,(H,15,18)(H,16,19). The number of hydrogen-bond donors (Lipinski definition) is 2. The molecule has 0 aliphatic carbocycles. The molecule has 2 aromatic rings. The van der Waals surface area contributed by atoms with E-state index in [9.17, 15) is 4.79 Å². The number of carbonyl (C=O) groups excluding carboxylic acids is 1. The number of carbonyl (C=O) groups is 1. The van der Waals surface area contributed by atoms with Crippen LogP contribution in [-0.4, -0.2) is 22.6 Å². The molecule has 2 N–H and O–H groups in total. The van der Waals surface area contributed by atoms with Gasteiger partial charge in [-0.05, 0) is 24.6 Å². The molecule has 0 saturated heterocycles. The van der Waals surface area contributed by atoms with E-state index in [1.807, 2.05) is 25.1 Å². The third-order valence-electron chi connectivity index (χ3n) is 2.48. The highest BCUT2D eigenvalue weighted by Gasteiger charge is 2.11. The summed E-state index contributed by atoms with van der Waals surface area (Å²) in [6.07, 6.45) is 0. The maximum absolute atomic E-state index is 11.9. The minimum absolute atomic E-state index is 0.254. The van der Waals surface area contributed by atoms with E-state index in [0.717, 1.165) is 12.1 Å². The Labute approximate surface area is 120 Å². The van der Waals surface area contributed by atoms with Gasteiger partial charge in [0.2, 0.25) is 10.1 Å². The Kier molecular flexibility index (Phi) is 4.63. The van der Waals surface area contributed by atoms with Crippen molar-refractivity contribution in [2.75, 3.05) is 11.9 Å². The van der Waals surface area contributed by atoms with E-state index in [4.69, 9.17) is 5.26 Å². The van der Waals surface area contributed by atoms with Crippen molar-refractivity contribution in [2.24, 2.45) is 0 Å². The number of aromatic nitrogens is 2. The van der Waals surface area contributed by atoms with Crippen molar-refractivity contribution in [3.63, 3.8) is 0 Å². The summed E-state index contributed by atoms with van der Waals surface area (Å²) in [7, 11) is 0. The number of rotatable bonds is 5. The van der Waals surface area contributed by atoms with Crippen LogP contribution in [0.4, 0.5) is 5.13 Å². The first-order chi connectivity index (χ1) is 9.72. The van der Waals surface area contributed by atoms with E-state index in [0.29, 0.717) is 22.2 Å². The summed E-state index contributed by atoms with van der Waals surface area (Å²) in [4.78, 5) is 11.9. The lowest BCUT2D eigenvalue weighted by atomic mass is 10.1. The molecule has 0 radical (unpaired) electrons. The number of anilines is 1. The fourth-order valence-corrected chi connectivity index (χ4v) is 2.22. The van der Waals surface area contributed by atoms with Gasteiger partial charge in [0.05, 0.1) is 11.6 Å². The van der Waals surface area contributed by atoms with Crippen LogP contribution in [0.1, 0.15) is 27.9 Å². The zero-order valence-electron chi connectivity index (χ0n) is 10.9. The number of nitrogens with one attached hydrogen (secondary N) is 2. The Morgan fingerprint density at radius 1 is 1.35 bits per heavy atom. The van der Waals surface area contributed by atoms with E-state index >= 15 is 0 Å². The Morgan fingerprint density at radius 3 is 2.75 bits per heavy atom. The minimum Gasteiger partial charge on any atom is -0.360 e. The number of hydrogen-bond acceptors (Lipinski definition) is 6. The number of nitriles is 1. The molecule has 20 heavy (non-hydrogen) atoms. The average molecular weight is 287 g/mol. The monoisotopic (exact) mass is 287 g/mol. The molecule has 0 saturated carbocycles. The second-order valence-electron chi connectivity index (χ2n) is 3.93. The number of benzene rings is 1. The van der Waals surface area contributed by atoms with E-state index in [1.54, 1.807) is 12.1 Å². The number of amides is 1. The highest BCUT2D eigenvalue weighted by Crippen LogP contribution is 2.14. The fourth-order valence-electron chi connectivity index (χ4n) is 1.49. The molecule has 1 aromatic carbocycles. The Hall–Kier alpha value is -2.46. The highest BCUT2D eigenvalue weighted by molar-refractivity contribution is 7.17. The molecule has 0 spiro atoms. The van der Waals surface area contributed by atoms with Crippen LogP contribution in [0, 0.1) is 11.3 Å². The maximum atomic E-state index is 11.9. The lowest BCUT2D eigenvalue weighted by Gasteiger charge is -2.02. The van der Waals surface area contributed by atoms with Gasteiger partial charge in [-0.2, -0.15) is 5.26 Å². The Bertz CT molecular complexity index is 629. The fraction of sp³-hybridized carbons (Fsp3) is 0.231. The van der Waals surface area contributed by atoms with Crippen molar-refractivity contribution in [3.8, 4) is 6.07 Å². The van der Waals surface area contributed by atoms with Crippen molar-refractivity contribution in [1.29, 1.82) is 5.26 Å². The molecule has 0 aliphatic rings. The molecule has 1 heterocycles. The van der Waals surface area contributed by atoms with Crippen molar-refractivity contribution in [3.05, 3.63) is 40.4 Å². The zero-order chi connectivity index (χ0) is 14.4. The Balaban J connectivity index is 1.92. The van der Waals surface area contributed by atoms with Gasteiger partial charge in [0.15, 0.2) is 0 Å². The molecule has 102 valence electrons. The van der Waals surface area contributed by atoms with E-state index in [2.05, 4.69) is 20.8 Å². The molecular formula is C13H13N5OS. The summed E-state index contributed by atoms with van der Waals surface area (Å²) in [5.41, 5.74) is 1.52. The molecule has 1 aromatic heterocycles. The molecule has 0 aliphatic heterocycles. The summed E-state index contributed by atoms with van der Waals surface area (Å²) in [6, 6.07) is 9.10. The zero-order valence-corrected chi connectivity index (χ0v) is 11.7. The maximum Gasteiger partial charge on any atom is 0.282 e. The third-order valence-corrected chi connectivity index (χ3v) is 3.36. The smallest absolute Gasteiger partial charge is 0.282 e. The molecule has 6 nitrogen and oxygen atoms in total. The average Bonchev–Trinajstić information content (AvgIpc) is 2.94. The molecule has 0 unspecified atom stereocenters.